The Hall–Kier alpha value is -3.66. The van der Waals surface area contributed by atoms with Crippen LogP contribution >= 0.6 is 0 Å². The number of rotatable bonds is 6. The number of anilines is 1. The summed E-state index contributed by atoms with van der Waals surface area (Å²) in [5, 5.41) is 0. The van der Waals surface area contributed by atoms with E-state index in [4.69, 9.17) is 4.74 Å². The van der Waals surface area contributed by atoms with E-state index in [1.54, 1.807) is 23.6 Å². The molecule has 166 valence electrons. The van der Waals surface area contributed by atoms with Crippen LogP contribution in [0.25, 0.3) is 16.8 Å². The number of aromatic nitrogens is 2. The Morgan fingerprint density at radius 1 is 1.09 bits per heavy atom. The highest BCUT2D eigenvalue weighted by Crippen LogP contribution is 2.38. The predicted molar refractivity (Wildman–Crippen MR) is 118 cm³/mol. The number of benzene rings is 2. The molecule has 2 N–H and O–H groups in total. The van der Waals surface area contributed by atoms with Crippen molar-refractivity contribution >= 4 is 21.2 Å². The van der Waals surface area contributed by atoms with E-state index >= 15 is 0 Å². The van der Waals surface area contributed by atoms with Crippen molar-refractivity contribution in [3.05, 3.63) is 82.4 Å². The van der Waals surface area contributed by atoms with E-state index in [2.05, 4.69) is 9.71 Å². The van der Waals surface area contributed by atoms with Gasteiger partial charge in [-0.1, -0.05) is 0 Å². The SMILES string of the molecule is CCS(=O)(=O)Nc1ccc(Oc2ccc(F)cc2F)c(-c2cc(C)c3c(=O)[nH]ccn23)c1. The third kappa shape index (κ3) is 4.09. The number of hydrogen-bond acceptors (Lipinski definition) is 4. The molecule has 0 unspecified atom stereocenters. The highest BCUT2D eigenvalue weighted by atomic mass is 32.2. The first-order chi connectivity index (χ1) is 15.2. The summed E-state index contributed by atoms with van der Waals surface area (Å²) in [7, 11) is -3.55. The standard InChI is InChI=1S/C22H19F2N3O4S/c1-3-32(29,30)26-15-5-7-19(31-20-6-4-14(23)11-17(20)24)16(12-15)18-10-13(2)21-22(28)25-8-9-27(18)21/h4-12,26H,3H2,1-2H3,(H,25,28). The molecule has 0 amide bonds. The molecule has 2 heterocycles. The summed E-state index contributed by atoms with van der Waals surface area (Å²) in [6.45, 7) is 3.27. The van der Waals surface area contributed by atoms with Gasteiger partial charge in [0.15, 0.2) is 11.6 Å². The average molecular weight is 459 g/mol. The second kappa shape index (κ2) is 8.12. The van der Waals surface area contributed by atoms with E-state index in [1.165, 1.54) is 31.3 Å². The molecular weight excluding hydrogens is 440 g/mol. The zero-order valence-electron chi connectivity index (χ0n) is 17.1. The molecule has 7 nitrogen and oxygen atoms in total. The summed E-state index contributed by atoms with van der Waals surface area (Å²) in [5.74, 6) is -1.77. The number of ether oxygens (including phenoxy) is 1. The van der Waals surface area contributed by atoms with E-state index in [9.17, 15) is 22.0 Å². The molecule has 0 aliphatic carbocycles. The van der Waals surface area contributed by atoms with Crippen LogP contribution in [0.2, 0.25) is 0 Å². The van der Waals surface area contributed by atoms with Crippen LogP contribution in [0.15, 0.2) is 59.7 Å². The summed E-state index contributed by atoms with van der Waals surface area (Å²) in [5.41, 5.74) is 1.98. The lowest BCUT2D eigenvalue weighted by Crippen LogP contribution is -2.14. The van der Waals surface area contributed by atoms with Gasteiger partial charge in [-0.25, -0.2) is 17.2 Å². The van der Waals surface area contributed by atoms with Crippen LogP contribution in [0, 0.1) is 18.6 Å². The van der Waals surface area contributed by atoms with Gasteiger partial charge in [0, 0.05) is 29.7 Å². The largest absolute Gasteiger partial charge is 0.454 e. The van der Waals surface area contributed by atoms with Gasteiger partial charge in [0.2, 0.25) is 10.0 Å². The van der Waals surface area contributed by atoms with E-state index in [-0.39, 0.29) is 28.5 Å². The van der Waals surface area contributed by atoms with Crippen molar-refractivity contribution in [2.75, 3.05) is 10.5 Å². The molecule has 0 atom stereocenters. The Bertz CT molecular complexity index is 1490. The van der Waals surface area contributed by atoms with E-state index in [1.807, 2.05) is 0 Å². The van der Waals surface area contributed by atoms with Gasteiger partial charge in [-0.05, 0) is 55.8 Å². The maximum Gasteiger partial charge on any atom is 0.272 e. The van der Waals surface area contributed by atoms with E-state index in [0.717, 1.165) is 12.1 Å². The molecule has 4 rings (SSSR count). The first-order valence-corrected chi connectivity index (χ1v) is 11.3. The first-order valence-electron chi connectivity index (χ1n) is 9.65. The topological polar surface area (TPSA) is 92.7 Å². The van der Waals surface area contributed by atoms with Gasteiger partial charge >= 0.3 is 0 Å². The summed E-state index contributed by atoms with van der Waals surface area (Å²) >= 11 is 0. The fraction of sp³-hybridized carbons (Fsp3) is 0.136. The molecule has 0 saturated carbocycles. The lowest BCUT2D eigenvalue weighted by Gasteiger charge is -2.15. The molecule has 2 aromatic heterocycles. The smallest absolute Gasteiger partial charge is 0.272 e. The van der Waals surface area contributed by atoms with Crippen LogP contribution in [-0.2, 0) is 10.0 Å². The minimum Gasteiger partial charge on any atom is -0.454 e. The van der Waals surface area contributed by atoms with Crippen molar-refractivity contribution in [1.29, 1.82) is 0 Å². The maximum atomic E-state index is 14.2. The summed E-state index contributed by atoms with van der Waals surface area (Å²) < 4.78 is 61.5. The second-order valence-corrected chi connectivity index (χ2v) is 9.12. The lowest BCUT2D eigenvalue weighted by atomic mass is 10.1. The Labute approximate surface area is 182 Å². The number of sulfonamides is 1. The lowest BCUT2D eigenvalue weighted by molar-refractivity contribution is 0.439. The Morgan fingerprint density at radius 3 is 2.56 bits per heavy atom. The molecule has 0 aliphatic heterocycles. The molecule has 4 aromatic rings. The number of nitrogens with zero attached hydrogens (tertiary/aromatic N) is 1. The van der Waals surface area contributed by atoms with Gasteiger partial charge < -0.3 is 14.1 Å². The number of hydrogen-bond donors (Lipinski definition) is 2. The van der Waals surface area contributed by atoms with Crippen LogP contribution in [0.5, 0.6) is 11.5 Å². The molecule has 2 aromatic carbocycles. The van der Waals surface area contributed by atoms with Crippen molar-refractivity contribution in [2.24, 2.45) is 0 Å². The molecule has 0 aliphatic rings. The monoisotopic (exact) mass is 459 g/mol. The molecule has 0 saturated heterocycles. The van der Waals surface area contributed by atoms with Gasteiger partial charge in [0.05, 0.1) is 11.4 Å². The Kier molecular flexibility index (Phi) is 5.47. The number of H-pyrrole nitrogens is 1. The van der Waals surface area contributed by atoms with Crippen LogP contribution in [0.3, 0.4) is 0 Å². The molecular formula is C22H19F2N3O4S. The van der Waals surface area contributed by atoms with Crippen LogP contribution in [0.1, 0.15) is 12.5 Å². The van der Waals surface area contributed by atoms with Gasteiger partial charge in [-0.15, -0.1) is 0 Å². The highest BCUT2D eigenvalue weighted by Gasteiger charge is 2.18. The predicted octanol–water partition coefficient (Wildman–Crippen LogP) is 4.44. The zero-order valence-corrected chi connectivity index (χ0v) is 18.0. The van der Waals surface area contributed by atoms with E-state index < -0.39 is 21.7 Å². The number of nitrogens with one attached hydrogen (secondary N) is 2. The molecule has 0 radical (unpaired) electrons. The normalized spacial score (nSPS) is 11.6. The molecule has 10 heteroatoms. The molecule has 0 spiro atoms. The quantitative estimate of drug-likeness (QED) is 0.446. The average Bonchev–Trinajstić information content (AvgIpc) is 3.08. The fourth-order valence-electron chi connectivity index (χ4n) is 3.37. The zero-order chi connectivity index (χ0) is 23.0. The minimum atomic E-state index is -3.55. The maximum absolute atomic E-state index is 14.2. The number of aryl methyl sites for hydroxylation is 1. The number of halogens is 2. The Morgan fingerprint density at radius 2 is 1.84 bits per heavy atom. The van der Waals surface area contributed by atoms with Gasteiger partial charge in [0.1, 0.15) is 17.1 Å². The summed E-state index contributed by atoms with van der Waals surface area (Å²) in [6, 6.07) is 9.16. The number of aromatic amines is 1. The molecule has 32 heavy (non-hydrogen) atoms. The van der Waals surface area contributed by atoms with Crippen molar-refractivity contribution in [1.82, 2.24) is 9.38 Å². The van der Waals surface area contributed by atoms with Crippen molar-refractivity contribution in [2.45, 2.75) is 13.8 Å². The van der Waals surface area contributed by atoms with Crippen molar-refractivity contribution < 1.29 is 21.9 Å². The highest BCUT2D eigenvalue weighted by molar-refractivity contribution is 7.92. The van der Waals surface area contributed by atoms with Crippen LogP contribution in [0.4, 0.5) is 14.5 Å². The number of fused-ring (bicyclic) bond motifs is 1. The molecule has 0 bridgehead atoms. The first kappa shape index (κ1) is 21.6. The van der Waals surface area contributed by atoms with Crippen molar-refractivity contribution in [3.63, 3.8) is 0 Å². The van der Waals surface area contributed by atoms with Crippen LogP contribution in [-0.4, -0.2) is 23.6 Å². The van der Waals surface area contributed by atoms with Gasteiger partial charge in [-0.2, -0.15) is 0 Å². The molecule has 0 fully saturated rings. The summed E-state index contributed by atoms with van der Waals surface area (Å²) in [6.07, 6.45) is 3.12. The van der Waals surface area contributed by atoms with Crippen LogP contribution < -0.4 is 15.0 Å². The minimum absolute atomic E-state index is 0.121. The van der Waals surface area contributed by atoms with Gasteiger partial charge in [-0.3, -0.25) is 9.52 Å². The third-order valence-electron chi connectivity index (χ3n) is 4.90. The van der Waals surface area contributed by atoms with E-state index in [0.29, 0.717) is 28.4 Å². The third-order valence-corrected chi connectivity index (χ3v) is 6.21. The van der Waals surface area contributed by atoms with Gasteiger partial charge in [0.25, 0.3) is 5.56 Å². The second-order valence-electron chi connectivity index (χ2n) is 7.11. The fourth-order valence-corrected chi connectivity index (χ4v) is 4.00. The van der Waals surface area contributed by atoms with Crippen molar-refractivity contribution in [3.8, 4) is 22.8 Å². The summed E-state index contributed by atoms with van der Waals surface area (Å²) in [4.78, 5) is 14.9. The Balaban J connectivity index is 1.91.